The number of pyridine rings is 2. The van der Waals surface area contributed by atoms with E-state index in [1.54, 1.807) is 28.7 Å². The van der Waals surface area contributed by atoms with Crippen molar-refractivity contribution in [1.82, 2.24) is 18.9 Å². The van der Waals surface area contributed by atoms with E-state index >= 15 is 8.78 Å². The number of carboxylic acid groups (broad SMARTS) is 2. The minimum Gasteiger partial charge on any atom is -0.487 e. The molecule has 2 aromatic heterocycles. The molecule has 8 rings (SSSR count). The molecule has 19 heteroatoms. The first-order chi connectivity index (χ1) is 26.2. The number of guanidine groups is 2. The Morgan fingerprint density at radius 1 is 0.745 bits per heavy atom. The average molecular weight is 762 g/mol. The lowest BCUT2D eigenvalue weighted by molar-refractivity contribution is 0.0683. The first kappa shape index (κ1) is 35.6. The molecule has 4 aliphatic heterocycles. The Balaban J connectivity index is 0.960. The molecule has 2 fully saturated rings. The third kappa shape index (κ3) is 5.72. The number of carbonyl (C=O) groups is 2. The Labute approximate surface area is 310 Å². The fraction of sp³-hybridized carbons (Fsp3) is 0.389. The molecule has 6 heterocycles. The molecule has 4 aromatic rings. The van der Waals surface area contributed by atoms with Crippen LogP contribution in [0.15, 0.2) is 39.1 Å². The van der Waals surface area contributed by atoms with Crippen LogP contribution in [0, 0.1) is 17.0 Å². The van der Waals surface area contributed by atoms with E-state index in [2.05, 4.69) is 4.99 Å². The highest BCUT2D eigenvalue weighted by Crippen LogP contribution is 2.43. The number of aromatic nitrogens is 2. The van der Waals surface area contributed by atoms with Gasteiger partial charge in [-0.05, 0) is 26.0 Å². The maximum absolute atomic E-state index is 15.7. The van der Waals surface area contributed by atoms with Crippen LogP contribution >= 0.6 is 0 Å². The number of nitrogens with two attached hydrogens (primary N) is 1. The van der Waals surface area contributed by atoms with Crippen LogP contribution in [-0.2, 0) is 0 Å². The van der Waals surface area contributed by atoms with Crippen molar-refractivity contribution in [3.8, 4) is 11.5 Å². The van der Waals surface area contributed by atoms with E-state index in [0.29, 0.717) is 50.3 Å². The van der Waals surface area contributed by atoms with Gasteiger partial charge in [0, 0.05) is 64.8 Å². The van der Waals surface area contributed by atoms with Crippen LogP contribution in [0.3, 0.4) is 0 Å². The van der Waals surface area contributed by atoms with Crippen LogP contribution in [0.4, 0.5) is 20.2 Å². The molecule has 0 saturated carbocycles. The van der Waals surface area contributed by atoms with Crippen molar-refractivity contribution in [2.24, 2.45) is 10.7 Å². The molecular formula is C36H37F2N9O8. The predicted molar refractivity (Wildman–Crippen MR) is 198 cm³/mol. The molecule has 0 aliphatic carbocycles. The first-order valence-electron chi connectivity index (χ1n) is 17.7. The highest BCUT2D eigenvalue weighted by molar-refractivity contribution is 5.99. The number of benzene rings is 2. The second-order valence-electron chi connectivity index (χ2n) is 14.1. The predicted octanol–water partition coefficient (Wildman–Crippen LogP) is 2.09. The Morgan fingerprint density at radius 3 is 1.55 bits per heavy atom. The molecule has 0 unspecified atom stereocenters. The number of ether oxygens (including phenoxy) is 2. The summed E-state index contributed by atoms with van der Waals surface area (Å²) in [6, 6.07) is 1.54. The zero-order valence-electron chi connectivity index (χ0n) is 29.8. The number of hydrogen-bond acceptors (Lipinski definition) is 9. The monoisotopic (exact) mass is 761 g/mol. The lowest BCUT2D eigenvalue weighted by atomic mass is 10.1. The Bertz CT molecular complexity index is 2490. The Morgan fingerprint density at radius 2 is 1.15 bits per heavy atom. The summed E-state index contributed by atoms with van der Waals surface area (Å²) in [7, 11) is 0. The summed E-state index contributed by atoms with van der Waals surface area (Å²) in [5, 5.41) is 27.7. The van der Waals surface area contributed by atoms with Gasteiger partial charge in [0.1, 0.15) is 35.7 Å². The Kier molecular flexibility index (Phi) is 8.53. The molecule has 55 heavy (non-hydrogen) atoms. The summed E-state index contributed by atoms with van der Waals surface area (Å²) in [4.78, 5) is 60.8. The van der Waals surface area contributed by atoms with Gasteiger partial charge in [0.25, 0.3) is 0 Å². The number of nitrogens with one attached hydrogen (secondary N) is 1. The summed E-state index contributed by atoms with van der Waals surface area (Å²) in [5.74, 6) is -3.87. The summed E-state index contributed by atoms with van der Waals surface area (Å²) in [5.41, 5.74) is 4.89. The first-order valence-corrected chi connectivity index (χ1v) is 17.7. The third-order valence-corrected chi connectivity index (χ3v) is 10.8. The number of carboxylic acids is 2. The SMILES string of the molecule is C[C@@H]1COc2c(N3CCN(C(=N)N=C(N)N4CCN(c5c(F)cc6c(=O)c(C(=O)O)cn7c6c5OC[C@@H]7C)CC4)CC3)c(F)cc3c(=O)c(C(=O)O)cn1c23. The maximum atomic E-state index is 15.7. The fourth-order valence-electron chi connectivity index (χ4n) is 7.87. The number of rotatable bonds is 4. The molecule has 0 amide bonds. The third-order valence-electron chi connectivity index (χ3n) is 10.8. The zero-order valence-corrected chi connectivity index (χ0v) is 29.8. The van der Waals surface area contributed by atoms with Crippen molar-refractivity contribution < 1.29 is 38.1 Å². The number of halogens is 2. The van der Waals surface area contributed by atoms with Gasteiger partial charge in [-0.25, -0.2) is 18.4 Å². The van der Waals surface area contributed by atoms with Gasteiger partial charge < -0.3 is 54.2 Å². The second-order valence-corrected chi connectivity index (χ2v) is 14.1. The molecule has 2 atom stereocenters. The highest BCUT2D eigenvalue weighted by Gasteiger charge is 2.34. The van der Waals surface area contributed by atoms with Crippen LogP contribution in [0.5, 0.6) is 11.5 Å². The molecule has 0 radical (unpaired) electrons. The zero-order chi connectivity index (χ0) is 39.0. The highest BCUT2D eigenvalue weighted by atomic mass is 19.1. The quantitative estimate of drug-likeness (QED) is 0.174. The molecule has 4 aliphatic rings. The van der Waals surface area contributed by atoms with Gasteiger partial charge >= 0.3 is 11.9 Å². The average Bonchev–Trinajstić information content (AvgIpc) is 3.15. The van der Waals surface area contributed by atoms with E-state index in [-0.39, 0.29) is 84.0 Å². The lowest BCUT2D eigenvalue weighted by Gasteiger charge is -2.39. The van der Waals surface area contributed by atoms with E-state index in [9.17, 15) is 29.4 Å². The Hall–Kier alpha value is -6.40. The van der Waals surface area contributed by atoms with Crippen molar-refractivity contribution in [1.29, 1.82) is 5.41 Å². The van der Waals surface area contributed by atoms with Crippen molar-refractivity contribution in [2.45, 2.75) is 25.9 Å². The lowest BCUT2D eigenvalue weighted by Crippen LogP contribution is -2.53. The van der Waals surface area contributed by atoms with Gasteiger partial charge in [-0.15, -0.1) is 0 Å². The number of aromatic carboxylic acids is 2. The topological polar surface area (TPSA) is 212 Å². The molecule has 5 N–H and O–H groups in total. The van der Waals surface area contributed by atoms with E-state index in [1.165, 1.54) is 12.4 Å². The normalized spacial score (nSPS) is 19.7. The largest absolute Gasteiger partial charge is 0.487 e. The number of anilines is 2. The van der Waals surface area contributed by atoms with E-state index in [0.717, 1.165) is 12.1 Å². The van der Waals surface area contributed by atoms with Gasteiger partial charge in [-0.1, -0.05) is 0 Å². The van der Waals surface area contributed by atoms with Gasteiger partial charge in [-0.3, -0.25) is 15.0 Å². The second kappa shape index (κ2) is 13.2. The van der Waals surface area contributed by atoms with E-state index in [4.69, 9.17) is 20.6 Å². The van der Waals surface area contributed by atoms with Crippen molar-refractivity contribution in [3.05, 3.63) is 67.7 Å². The summed E-state index contributed by atoms with van der Waals surface area (Å²) >= 11 is 0. The summed E-state index contributed by atoms with van der Waals surface area (Å²) in [6.45, 7) is 6.36. The fourth-order valence-corrected chi connectivity index (χ4v) is 7.87. The minimum absolute atomic E-state index is 0.0703. The molecule has 2 aromatic carbocycles. The van der Waals surface area contributed by atoms with E-state index < -0.39 is 45.6 Å². The van der Waals surface area contributed by atoms with Crippen LogP contribution in [0.1, 0.15) is 46.6 Å². The standard InChI is InChI=1S/C36H37F2N9O8/c1-17-15-54-31-25-19(29(48)21(33(50)51)13-46(17)25)11-23(37)27(31)42-3-7-44(8-4-42)35(39)41-36(40)45-9-5-43(6-10-45)28-24(38)12-20-26-32(28)55-16-18(2)47(26)14-22(30(20)49)34(52)53/h11-14,17-18H,3-10,15-16H2,1-2H3,(H,50,51)(H,52,53)(H3,39,40,41)/t17-,18+. The number of piperazine rings is 2. The van der Waals surface area contributed by atoms with Crippen LogP contribution in [-0.4, -0.2) is 119 Å². The van der Waals surface area contributed by atoms with Crippen molar-refractivity contribution in [2.75, 3.05) is 75.4 Å². The van der Waals surface area contributed by atoms with Gasteiger partial charge in [0.15, 0.2) is 29.1 Å². The molecule has 288 valence electrons. The van der Waals surface area contributed by atoms with Crippen molar-refractivity contribution in [3.63, 3.8) is 0 Å². The smallest absolute Gasteiger partial charge is 0.341 e. The molecule has 0 bridgehead atoms. The number of aliphatic imine (C=N–C) groups is 1. The van der Waals surface area contributed by atoms with Crippen LogP contribution in [0.25, 0.3) is 21.8 Å². The summed E-state index contributed by atoms with van der Waals surface area (Å²) < 4.78 is 46.7. The van der Waals surface area contributed by atoms with Crippen LogP contribution < -0.4 is 35.9 Å². The number of hydrogen-bond donors (Lipinski definition) is 4. The van der Waals surface area contributed by atoms with Gasteiger partial charge in [0.2, 0.25) is 16.8 Å². The van der Waals surface area contributed by atoms with Crippen molar-refractivity contribution >= 4 is 57.0 Å². The van der Waals surface area contributed by atoms with E-state index in [1.807, 2.05) is 13.8 Å². The molecule has 0 spiro atoms. The molecule has 17 nitrogen and oxygen atoms in total. The van der Waals surface area contributed by atoms with Crippen LogP contribution in [0.2, 0.25) is 0 Å². The number of nitrogens with zero attached hydrogens (tertiary/aromatic N) is 7. The minimum atomic E-state index is -1.39. The maximum Gasteiger partial charge on any atom is 0.341 e. The molecular weight excluding hydrogens is 724 g/mol. The summed E-state index contributed by atoms with van der Waals surface area (Å²) in [6.07, 6.45) is 2.55. The molecule has 2 saturated heterocycles. The van der Waals surface area contributed by atoms with Gasteiger partial charge in [0.05, 0.1) is 33.9 Å². The van der Waals surface area contributed by atoms with Gasteiger partial charge in [-0.2, -0.15) is 4.99 Å².